The largest absolute Gasteiger partial charge is 0.480 e. The van der Waals surface area contributed by atoms with Crippen molar-refractivity contribution < 1.29 is 9.90 Å². The van der Waals surface area contributed by atoms with E-state index in [9.17, 15) is 9.90 Å². The van der Waals surface area contributed by atoms with Gasteiger partial charge in [0.15, 0.2) is 5.41 Å². The zero-order valence-corrected chi connectivity index (χ0v) is 13.4. The average molecular weight is 324 g/mol. The lowest BCUT2D eigenvalue weighted by Gasteiger charge is -2.30. The molecule has 2 aromatic carbocycles. The van der Waals surface area contributed by atoms with Crippen LogP contribution in [0.3, 0.4) is 0 Å². The monoisotopic (exact) mass is 324 g/mol. The van der Waals surface area contributed by atoms with Crippen LogP contribution in [-0.4, -0.2) is 27.3 Å². The molecule has 1 atom stereocenters. The van der Waals surface area contributed by atoms with Crippen molar-refractivity contribution in [2.75, 3.05) is 6.26 Å². The molecular formula is C18H16N2O2S. The quantitative estimate of drug-likeness (QED) is 0.704. The second-order valence-corrected chi connectivity index (χ2v) is 5.91. The van der Waals surface area contributed by atoms with Crippen molar-refractivity contribution in [2.24, 2.45) is 0 Å². The standard InChI is InChI=1S/C18H16N2O2S/c1-23-15-10-6-5-9-14(15)18(17(21)22,16-19-11-12-20-16)13-7-3-2-4-8-13/h2-12H,1H3,(H,19,20)(H,21,22). The first-order valence-electron chi connectivity index (χ1n) is 7.13. The fraction of sp³-hybridized carbons (Fsp3) is 0.111. The first-order valence-corrected chi connectivity index (χ1v) is 8.36. The highest BCUT2D eigenvalue weighted by atomic mass is 32.2. The molecule has 0 saturated heterocycles. The topological polar surface area (TPSA) is 66.0 Å². The molecule has 1 unspecified atom stereocenters. The van der Waals surface area contributed by atoms with Gasteiger partial charge in [-0.15, -0.1) is 11.8 Å². The van der Waals surface area contributed by atoms with Crippen LogP contribution in [0.1, 0.15) is 17.0 Å². The molecule has 2 N–H and O–H groups in total. The zero-order chi connectivity index (χ0) is 16.3. The second kappa shape index (κ2) is 6.30. The Morgan fingerprint density at radius 1 is 1.13 bits per heavy atom. The Hall–Kier alpha value is -2.53. The number of benzene rings is 2. The summed E-state index contributed by atoms with van der Waals surface area (Å²) in [6.07, 6.45) is 5.17. The summed E-state index contributed by atoms with van der Waals surface area (Å²) in [5.74, 6) is -0.558. The lowest BCUT2D eigenvalue weighted by Crippen LogP contribution is -2.40. The number of nitrogens with one attached hydrogen (secondary N) is 1. The first kappa shape index (κ1) is 15.4. The summed E-state index contributed by atoms with van der Waals surface area (Å²) in [6, 6.07) is 16.8. The van der Waals surface area contributed by atoms with Crippen molar-refractivity contribution in [2.45, 2.75) is 10.3 Å². The number of nitrogens with zero attached hydrogens (tertiary/aromatic N) is 1. The highest BCUT2D eigenvalue weighted by molar-refractivity contribution is 7.98. The lowest BCUT2D eigenvalue weighted by molar-refractivity contribution is -0.141. The van der Waals surface area contributed by atoms with E-state index in [0.29, 0.717) is 17.0 Å². The van der Waals surface area contributed by atoms with Crippen LogP contribution in [0.25, 0.3) is 0 Å². The third-order valence-corrected chi connectivity index (χ3v) is 4.69. The third kappa shape index (κ3) is 2.43. The van der Waals surface area contributed by atoms with Crippen LogP contribution in [0.5, 0.6) is 0 Å². The van der Waals surface area contributed by atoms with Gasteiger partial charge in [0.1, 0.15) is 5.82 Å². The third-order valence-electron chi connectivity index (χ3n) is 3.89. The Morgan fingerprint density at radius 2 is 1.83 bits per heavy atom. The van der Waals surface area contributed by atoms with E-state index in [1.54, 1.807) is 12.4 Å². The Bertz CT molecular complexity index is 803. The fourth-order valence-corrected chi connectivity index (χ4v) is 3.53. The molecule has 0 bridgehead atoms. The number of hydrogen-bond acceptors (Lipinski definition) is 3. The molecule has 0 aliphatic heterocycles. The van der Waals surface area contributed by atoms with E-state index in [-0.39, 0.29) is 0 Å². The number of imidazole rings is 1. The van der Waals surface area contributed by atoms with E-state index in [1.165, 1.54) is 11.8 Å². The SMILES string of the molecule is CSc1ccccc1C(C(=O)O)(c1ccccc1)c1ncc[nH]1. The molecule has 1 aromatic heterocycles. The molecule has 116 valence electrons. The van der Waals surface area contributed by atoms with E-state index in [1.807, 2.05) is 60.9 Å². The Balaban J connectivity index is 2.41. The van der Waals surface area contributed by atoms with Crippen molar-refractivity contribution in [3.63, 3.8) is 0 Å². The summed E-state index contributed by atoms with van der Waals surface area (Å²) in [5.41, 5.74) is 0.00905. The van der Waals surface area contributed by atoms with Crippen LogP contribution >= 0.6 is 11.8 Å². The predicted molar refractivity (Wildman–Crippen MR) is 90.8 cm³/mol. The van der Waals surface area contributed by atoms with Crippen molar-refractivity contribution in [1.29, 1.82) is 0 Å². The summed E-state index contributed by atoms with van der Waals surface area (Å²) in [5, 5.41) is 10.3. The van der Waals surface area contributed by atoms with Crippen LogP contribution in [0.15, 0.2) is 71.9 Å². The number of hydrogen-bond donors (Lipinski definition) is 2. The number of aliphatic carboxylic acids is 1. The van der Waals surface area contributed by atoms with Crippen molar-refractivity contribution in [3.8, 4) is 0 Å². The molecule has 0 amide bonds. The van der Waals surface area contributed by atoms with E-state index in [2.05, 4.69) is 9.97 Å². The molecule has 0 saturated carbocycles. The molecule has 1 heterocycles. The van der Waals surface area contributed by atoms with Gasteiger partial charge >= 0.3 is 5.97 Å². The number of aromatic amines is 1. The predicted octanol–water partition coefficient (Wildman–Crippen LogP) is 3.55. The van der Waals surface area contributed by atoms with Crippen molar-refractivity contribution in [3.05, 3.63) is 83.9 Å². The minimum absolute atomic E-state index is 0.401. The maximum Gasteiger partial charge on any atom is 0.326 e. The second-order valence-electron chi connectivity index (χ2n) is 5.06. The first-order chi connectivity index (χ1) is 11.2. The molecule has 0 fully saturated rings. The number of H-pyrrole nitrogens is 1. The number of rotatable bonds is 5. The number of carboxylic acid groups (broad SMARTS) is 1. The Kier molecular flexibility index (Phi) is 4.21. The van der Waals surface area contributed by atoms with E-state index in [4.69, 9.17) is 0 Å². The Morgan fingerprint density at radius 3 is 2.43 bits per heavy atom. The summed E-state index contributed by atoms with van der Waals surface area (Å²) in [4.78, 5) is 20.7. The molecule has 4 nitrogen and oxygen atoms in total. The van der Waals surface area contributed by atoms with Gasteiger partial charge in [0.2, 0.25) is 0 Å². The smallest absolute Gasteiger partial charge is 0.326 e. The van der Waals surface area contributed by atoms with Gasteiger partial charge < -0.3 is 10.1 Å². The van der Waals surface area contributed by atoms with Gasteiger partial charge in [-0.2, -0.15) is 0 Å². The van der Waals surface area contributed by atoms with Crippen LogP contribution in [0.2, 0.25) is 0 Å². The van der Waals surface area contributed by atoms with Crippen LogP contribution in [0.4, 0.5) is 0 Å². The van der Waals surface area contributed by atoms with Gasteiger partial charge in [0, 0.05) is 17.3 Å². The molecule has 0 radical (unpaired) electrons. The number of carbonyl (C=O) groups is 1. The molecule has 3 rings (SSSR count). The number of thioether (sulfide) groups is 1. The zero-order valence-electron chi connectivity index (χ0n) is 12.6. The molecule has 0 aliphatic rings. The summed E-state index contributed by atoms with van der Waals surface area (Å²) >= 11 is 1.53. The Labute approximate surface area is 138 Å². The van der Waals surface area contributed by atoms with E-state index in [0.717, 1.165) is 4.90 Å². The van der Waals surface area contributed by atoms with Gasteiger partial charge in [-0.25, -0.2) is 4.98 Å². The minimum atomic E-state index is -1.37. The molecule has 5 heteroatoms. The maximum absolute atomic E-state index is 12.5. The lowest BCUT2D eigenvalue weighted by atomic mass is 9.73. The molecule has 0 spiro atoms. The highest BCUT2D eigenvalue weighted by Gasteiger charge is 2.47. The summed E-state index contributed by atoms with van der Waals surface area (Å²) in [7, 11) is 0. The molecule has 3 aromatic rings. The fourth-order valence-electron chi connectivity index (χ4n) is 2.87. The summed E-state index contributed by atoms with van der Waals surface area (Å²) < 4.78 is 0. The van der Waals surface area contributed by atoms with E-state index < -0.39 is 11.4 Å². The molecule has 0 aliphatic carbocycles. The van der Waals surface area contributed by atoms with Crippen molar-refractivity contribution in [1.82, 2.24) is 9.97 Å². The van der Waals surface area contributed by atoms with Gasteiger partial charge in [-0.05, 0) is 23.4 Å². The maximum atomic E-state index is 12.5. The summed E-state index contributed by atoms with van der Waals surface area (Å²) in [6.45, 7) is 0. The van der Waals surface area contributed by atoms with Crippen molar-refractivity contribution >= 4 is 17.7 Å². The van der Waals surface area contributed by atoms with Gasteiger partial charge in [0.05, 0.1) is 0 Å². The highest BCUT2D eigenvalue weighted by Crippen LogP contribution is 2.41. The molecule has 23 heavy (non-hydrogen) atoms. The van der Waals surface area contributed by atoms with E-state index >= 15 is 0 Å². The molecular weight excluding hydrogens is 308 g/mol. The van der Waals surface area contributed by atoms with Crippen LogP contribution < -0.4 is 0 Å². The minimum Gasteiger partial charge on any atom is -0.480 e. The van der Waals surface area contributed by atoms with Gasteiger partial charge in [0.25, 0.3) is 0 Å². The number of carboxylic acids is 1. The van der Waals surface area contributed by atoms with Crippen LogP contribution in [-0.2, 0) is 10.2 Å². The number of aromatic nitrogens is 2. The van der Waals surface area contributed by atoms with Gasteiger partial charge in [-0.1, -0.05) is 48.5 Å². The van der Waals surface area contributed by atoms with Crippen LogP contribution in [0, 0.1) is 0 Å². The normalized spacial score (nSPS) is 13.4. The van der Waals surface area contributed by atoms with Gasteiger partial charge in [-0.3, -0.25) is 4.79 Å². The average Bonchev–Trinajstić information content (AvgIpc) is 3.11.